The third-order valence-corrected chi connectivity index (χ3v) is 7.35. The van der Waals surface area contributed by atoms with E-state index in [4.69, 9.17) is 13.8 Å². The second kappa shape index (κ2) is 14.1. The average molecular weight is 512 g/mol. The smallest absolute Gasteiger partial charge is 0.363 e. The van der Waals surface area contributed by atoms with Gasteiger partial charge in [-0.3, -0.25) is 9.88 Å². The van der Waals surface area contributed by atoms with Crippen LogP contribution in [0.3, 0.4) is 0 Å². The SMILES string of the molecule is CCCCN(CCc1ccc(C(O)P(=O)(OCC)OCC)cc1F)C(=O)Nc1ccc(OC)cn1. The van der Waals surface area contributed by atoms with Gasteiger partial charge >= 0.3 is 13.6 Å². The average Bonchev–Trinajstić information content (AvgIpc) is 2.85. The minimum atomic E-state index is -3.85. The van der Waals surface area contributed by atoms with Gasteiger partial charge in [0.2, 0.25) is 0 Å². The second-order valence-corrected chi connectivity index (χ2v) is 9.79. The van der Waals surface area contributed by atoms with E-state index in [1.165, 1.54) is 25.4 Å². The van der Waals surface area contributed by atoms with Gasteiger partial charge in [0.25, 0.3) is 0 Å². The normalized spacial score (nSPS) is 12.3. The van der Waals surface area contributed by atoms with Gasteiger partial charge in [-0.15, -0.1) is 0 Å². The molecule has 0 saturated carbocycles. The number of urea groups is 1. The molecule has 1 aromatic carbocycles. The second-order valence-electron chi connectivity index (χ2n) is 7.70. The molecular formula is C24H35FN3O6P. The maximum Gasteiger partial charge on any atom is 0.363 e. The van der Waals surface area contributed by atoms with Crippen LogP contribution >= 0.6 is 7.60 Å². The van der Waals surface area contributed by atoms with Crippen molar-refractivity contribution in [1.29, 1.82) is 0 Å². The largest absolute Gasteiger partial charge is 0.495 e. The summed E-state index contributed by atoms with van der Waals surface area (Å²) in [5.74, 6) is -1.22. The predicted octanol–water partition coefficient (Wildman–Crippen LogP) is 5.36. The van der Waals surface area contributed by atoms with Crippen LogP contribution in [-0.4, -0.2) is 54.4 Å². The first-order valence-electron chi connectivity index (χ1n) is 11.7. The summed E-state index contributed by atoms with van der Waals surface area (Å²) in [6, 6.07) is 7.13. The molecule has 2 aromatic rings. The number of aliphatic hydroxyl groups excluding tert-OH is 1. The molecule has 35 heavy (non-hydrogen) atoms. The molecule has 0 radical (unpaired) electrons. The van der Waals surface area contributed by atoms with Crippen molar-refractivity contribution in [3.8, 4) is 5.75 Å². The molecule has 1 aromatic heterocycles. The predicted molar refractivity (Wildman–Crippen MR) is 132 cm³/mol. The van der Waals surface area contributed by atoms with E-state index < -0.39 is 19.3 Å². The zero-order valence-electron chi connectivity index (χ0n) is 20.7. The summed E-state index contributed by atoms with van der Waals surface area (Å²) in [7, 11) is -2.32. The molecule has 1 atom stereocenters. The molecule has 0 aliphatic carbocycles. The van der Waals surface area contributed by atoms with Gasteiger partial charge in [-0.05, 0) is 56.0 Å². The molecule has 1 unspecified atom stereocenters. The number of unbranched alkanes of at least 4 members (excludes halogenated alkanes) is 1. The first-order chi connectivity index (χ1) is 16.8. The van der Waals surface area contributed by atoms with E-state index in [0.717, 1.165) is 18.9 Å². The number of aliphatic hydroxyl groups is 1. The highest BCUT2D eigenvalue weighted by atomic mass is 31.2. The summed E-state index contributed by atoms with van der Waals surface area (Å²) in [4.78, 5) is 18.6. The van der Waals surface area contributed by atoms with Gasteiger partial charge in [0.15, 0.2) is 5.85 Å². The lowest BCUT2D eigenvalue weighted by Crippen LogP contribution is -2.37. The van der Waals surface area contributed by atoms with Crippen LogP contribution in [0.4, 0.5) is 15.0 Å². The number of aromatic nitrogens is 1. The number of rotatable bonds is 14. The van der Waals surface area contributed by atoms with E-state index in [1.54, 1.807) is 30.9 Å². The lowest BCUT2D eigenvalue weighted by molar-refractivity contribution is 0.150. The van der Waals surface area contributed by atoms with E-state index in [2.05, 4.69) is 10.3 Å². The Hall–Kier alpha value is -2.52. The van der Waals surface area contributed by atoms with Gasteiger partial charge in [-0.1, -0.05) is 25.5 Å². The molecule has 0 saturated heterocycles. The topological polar surface area (TPSA) is 110 Å². The first-order valence-corrected chi connectivity index (χ1v) is 13.3. The van der Waals surface area contributed by atoms with Crippen LogP contribution in [0, 0.1) is 5.82 Å². The number of hydrogen-bond donors (Lipinski definition) is 2. The molecule has 9 nitrogen and oxygen atoms in total. The number of halogens is 1. The van der Waals surface area contributed by atoms with Crippen LogP contribution in [0.25, 0.3) is 0 Å². The monoisotopic (exact) mass is 511 g/mol. The molecule has 0 fully saturated rings. The Morgan fingerprint density at radius 2 is 1.89 bits per heavy atom. The number of anilines is 1. The van der Waals surface area contributed by atoms with Crippen LogP contribution in [-0.2, 0) is 20.0 Å². The van der Waals surface area contributed by atoms with Crippen molar-refractivity contribution in [1.82, 2.24) is 9.88 Å². The molecule has 2 rings (SSSR count). The Morgan fingerprint density at radius 1 is 1.17 bits per heavy atom. The number of amides is 2. The van der Waals surface area contributed by atoms with Crippen molar-refractivity contribution < 1.29 is 32.6 Å². The fourth-order valence-electron chi connectivity index (χ4n) is 3.33. The number of carbonyl (C=O) groups is 1. The fourth-order valence-corrected chi connectivity index (χ4v) is 4.93. The van der Waals surface area contributed by atoms with E-state index >= 15 is 0 Å². The summed E-state index contributed by atoms with van der Waals surface area (Å²) < 4.78 is 43.1. The molecular weight excluding hydrogens is 476 g/mol. The highest BCUT2D eigenvalue weighted by Gasteiger charge is 2.35. The Balaban J connectivity index is 2.10. The minimum absolute atomic E-state index is 0.0800. The van der Waals surface area contributed by atoms with Gasteiger partial charge in [-0.25, -0.2) is 14.2 Å². The fraction of sp³-hybridized carbons (Fsp3) is 0.500. The number of nitrogens with one attached hydrogen (secondary N) is 1. The molecule has 0 aliphatic heterocycles. The molecule has 0 bridgehead atoms. The maximum atomic E-state index is 14.9. The summed E-state index contributed by atoms with van der Waals surface area (Å²) in [5.41, 5.74) is 0.461. The van der Waals surface area contributed by atoms with Crippen molar-refractivity contribution in [3.63, 3.8) is 0 Å². The van der Waals surface area contributed by atoms with Gasteiger partial charge in [-0.2, -0.15) is 0 Å². The summed E-state index contributed by atoms with van der Waals surface area (Å²) in [5, 5.41) is 13.3. The molecule has 1 heterocycles. The van der Waals surface area contributed by atoms with E-state index in [1.807, 2.05) is 6.92 Å². The number of ether oxygens (including phenoxy) is 1. The summed E-state index contributed by atoms with van der Waals surface area (Å²) >= 11 is 0. The van der Waals surface area contributed by atoms with Crippen molar-refractivity contribution >= 4 is 19.4 Å². The number of nitrogens with zero attached hydrogens (tertiary/aromatic N) is 2. The Labute approximate surface area is 206 Å². The number of carbonyl (C=O) groups excluding carboxylic acids is 1. The molecule has 0 spiro atoms. The number of hydrogen-bond acceptors (Lipinski definition) is 7. The number of pyridine rings is 1. The van der Waals surface area contributed by atoms with Gasteiger partial charge in [0.05, 0.1) is 26.5 Å². The molecule has 194 valence electrons. The minimum Gasteiger partial charge on any atom is -0.495 e. The quantitative estimate of drug-likeness (QED) is 0.329. The lowest BCUT2D eigenvalue weighted by atomic mass is 10.1. The van der Waals surface area contributed by atoms with Crippen molar-refractivity contribution in [2.75, 3.05) is 38.7 Å². The van der Waals surface area contributed by atoms with Crippen molar-refractivity contribution in [2.24, 2.45) is 0 Å². The van der Waals surface area contributed by atoms with Crippen LogP contribution in [0.1, 0.15) is 50.6 Å². The number of methoxy groups -OCH3 is 1. The van der Waals surface area contributed by atoms with Crippen LogP contribution < -0.4 is 10.1 Å². The van der Waals surface area contributed by atoms with Crippen LogP contribution in [0.5, 0.6) is 5.75 Å². The zero-order valence-corrected chi connectivity index (χ0v) is 21.6. The van der Waals surface area contributed by atoms with Crippen LogP contribution in [0.15, 0.2) is 36.5 Å². The first kappa shape index (κ1) is 28.7. The van der Waals surface area contributed by atoms with E-state index in [0.29, 0.717) is 23.7 Å². The van der Waals surface area contributed by atoms with Crippen molar-refractivity contribution in [2.45, 2.75) is 45.9 Å². The van der Waals surface area contributed by atoms with Crippen molar-refractivity contribution in [3.05, 3.63) is 53.5 Å². The summed E-state index contributed by atoms with van der Waals surface area (Å²) in [6.07, 6.45) is 3.45. The summed E-state index contributed by atoms with van der Waals surface area (Å²) in [6.45, 7) is 6.22. The van der Waals surface area contributed by atoms with Gasteiger partial charge < -0.3 is 23.8 Å². The maximum absolute atomic E-state index is 14.9. The van der Waals surface area contributed by atoms with Crippen LogP contribution in [0.2, 0.25) is 0 Å². The Bertz CT molecular complexity index is 982. The third kappa shape index (κ3) is 8.28. The molecule has 0 aliphatic rings. The lowest BCUT2D eigenvalue weighted by Gasteiger charge is -2.24. The van der Waals surface area contributed by atoms with E-state index in [-0.39, 0.29) is 37.8 Å². The Morgan fingerprint density at radius 3 is 2.43 bits per heavy atom. The molecule has 2 amide bonds. The van der Waals surface area contributed by atoms with E-state index in [9.17, 15) is 18.9 Å². The Kier molecular flexibility index (Phi) is 11.6. The zero-order chi connectivity index (χ0) is 25.8. The highest BCUT2D eigenvalue weighted by Crippen LogP contribution is 2.59. The molecule has 2 N–H and O–H groups in total. The number of benzene rings is 1. The highest BCUT2D eigenvalue weighted by molar-refractivity contribution is 7.54. The third-order valence-electron chi connectivity index (χ3n) is 5.22. The van der Waals surface area contributed by atoms with Gasteiger partial charge in [0, 0.05) is 13.1 Å². The standard InChI is InChI=1S/C24H35FN3O6P/c1-5-8-14-28(24(30)27-22-12-11-20(32-4)17-26-22)15-13-18-9-10-19(16-21(18)25)23(29)35(31,33-6-2)34-7-3/h9-12,16-17,23,29H,5-8,13-15H2,1-4H3,(H,26,27,30). The molecule has 11 heteroatoms. The van der Waals surface area contributed by atoms with Gasteiger partial charge in [0.1, 0.15) is 17.4 Å².